The lowest BCUT2D eigenvalue weighted by atomic mass is 10.2. The van der Waals surface area contributed by atoms with Gasteiger partial charge >= 0.3 is 6.09 Å². The van der Waals surface area contributed by atoms with Crippen LogP contribution in [0.5, 0.6) is 0 Å². The third-order valence-corrected chi connectivity index (χ3v) is 4.74. The van der Waals surface area contributed by atoms with E-state index in [9.17, 15) is 4.79 Å². The van der Waals surface area contributed by atoms with Gasteiger partial charge in [-0.3, -0.25) is 4.99 Å². The number of nitrogens with one attached hydrogen (secondary N) is 1. The number of nitrogens with zero attached hydrogens (tertiary/aromatic N) is 3. The number of ether oxygens (including phenoxy) is 1. The Labute approximate surface area is 164 Å². The van der Waals surface area contributed by atoms with Crippen molar-refractivity contribution in [2.75, 3.05) is 26.2 Å². The van der Waals surface area contributed by atoms with Crippen LogP contribution in [0.15, 0.2) is 22.5 Å². The molecule has 1 aromatic rings. The lowest BCUT2D eigenvalue weighted by Gasteiger charge is -2.39. The Hall–Kier alpha value is -1.03. The van der Waals surface area contributed by atoms with Gasteiger partial charge in [0.05, 0.1) is 19.1 Å². The summed E-state index contributed by atoms with van der Waals surface area (Å²) in [6, 6.07) is 4.42. The summed E-state index contributed by atoms with van der Waals surface area (Å²) < 4.78 is 5.47. The molecule has 24 heavy (non-hydrogen) atoms. The zero-order valence-electron chi connectivity index (χ0n) is 14.3. The predicted molar refractivity (Wildman–Crippen MR) is 107 cm³/mol. The van der Waals surface area contributed by atoms with Crippen molar-refractivity contribution < 1.29 is 9.53 Å². The van der Waals surface area contributed by atoms with Crippen LogP contribution in [0.4, 0.5) is 4.79 Å². The maximum Gasteiger partial charge on any atom is 0.410 e. The number of halogens is 1. The fourth-order valence-electron chi connectivity index (χ4n) is 2.80. The summed E-state index contributed by atoms with van der Waals surface area (Å²) in [7, 11) is 0. The summed E-state index contributed by atoms with van der Waals surface area (Å²) in [5, 5.41) is 5.50. The minimum absolute atomic E-state index is 0. The molecule has 0 aromatic carbocycles. The van der Waals surface area contributed by atoms with Gasteiger partial charge in [0.1, 0.15) is 5.60 Å². The monoisotopic (exact) mass is 464 g/mol. The lowest BCUT2D eigenvalue weighted by molar-refractivity contribution is 0.0137. The third-order valence-electron chi connectivity index (χ3n) is 3.86. The molecule has 8 heteroatoms. The van der Waals surface area contributed by atoms with Crippen molar-refractivity contribution in [3.63, 3.8) is 0 Å². The average Bonchev–Trinajstić information content (AvgIpc) is 3.12. The van der Waals surface area contributed by atoms with Gasteiger partial charge in [-0.1, -0.05) is 6.07 Å². The fraction of sp³-hybridized carbons (Fsp3) is 0.625. The van der Waals surface area contributed by atoms with Crippen molar-refractivity contribution in [3.05, 3.63) is 22.4 Å². The zero-order chi connectivity index (χ0) is 16.4. The van der Waals surface area contributed by atoms with Gasteiger partial charge in [-0.25, -0.2) is 4.79 Å². The summed E-state index contributed by atoms with van der Waals surface area (Å²) in [5.74, 6) is 0.951. The first-order valence-electron chi connectivity index (χ1n) is 7.98. The number of guanidine groups is 1. The number of rotatable bonds is 2. The number of carbonyl (C=O) groups excluding carboxylic acids is 1. The summed E-state index contributed by atoms with van der Waals surface area (Å²) in [6.45, 7) is 9.35. The molecule has 2 aliphatic rings. The Bertz CT molecular complexity index is 585. The second-order valence-corrected chi connectivity index (χ2v) is 7.90. The van der Waals surface area contributed by atoms with Crippen LogP contribution in [0.25, 0.3) is 0 Å². The van der Waals surface area contributed by atoms with Gasteiger partial charge in [0.15, 0.2) is 5.96 Å². The molecule has 2 aliphatic heterocycles. The molecular weight excluding hydrogens is 439 g/mol. The van der Waals surface area contributed by atoms with Gasteiger partial charge in [-0.15, -0.1) is 35.3 Å². The maximum absolute atomic E-state index is 12.2. The van der Waals surface area contributed by atoms with E-state index in [0.29, 0.717) is 13.1 Å². The lowest BCUT2D eigenvalue weighted by Crippen LogP contribution is -2.57. The van der Waals surface area contributed by atoms with Crippen LogP contribution in [0.3, 0.4) is 0 Å². The maximum atomic E-state index is 12.2. The van der Waals surface area contributed by atoms with Crippen LogP contribution in [-0.4, -0.2) is 59.7 Å². The summed E-state index contributed by atoms with van der Waals surface area (Å²) in [4.78, 5) is 22.2. The number of amides is 1. The molecule has 0 saturated carbocycles. The zero-order valence-corrected chi connectivity index (χ0v) is 17.5. The normalized spacial score (nSPS) is 20.1. The van der Waals surface area contributed by atoms with E-state index in [4.69, 9.17) is 4.74 Å². The number of hydrogen-bond donors (Lipinski definition) is 1. The minimum atomic E-state index is -0.451. The SMILES string of the molecule is CC(C)(C)OC(=O)N1CCN2C(NCc3cccs3)=NCC2C1.I. The van der Waals surface area contributed by atoms with Gasteiger partial charge in [-0.2, -0.15) is 0 Å². The molecule has 134 valence electrons. The largest absolute Gasteiger partial charge is 0.444 e. The number of fused-ring (bicyclic) bond motifs is 1. The molecule has 0 bridgehead atoms. The Morgan fingerprint density at radius 3 is 2.92 bits per heavy atom. The van der Waals surface area contributed by atoms with Crippen molar-refractivity contribution in [2.24, 2.45) is 4.99 Å². The Balaban J connectivity index is 0.00000208. The summed E-state index contributed by atoms with van der Waals surface area (Å²) >= 11 is 1.74. The van der Waals surface area contributed by atoms with E-state index in [1.165, 1.54) is 4.88 Å². The number of aliphatic imine (C=N–C) groups is 1. The van der Waals surface area contributed by atoms with Crippen LogP contribution < -0.4 is 5.32 Å². The van der Waals surface area contributed by atoms with E-state index in [0.717, 1.165) is 25.6 Å². The highest BCUT2D eigenvalue weighted by atomic mass is 127. The Kier molecular flexibility index (Phi) is 6.35. The van der Waals surface area contributed by atoms with Crippen LogP contribution in [0, 0.1) is 0 Å². The van der Waals surface area contributed by atoms with Gasteiger partial charge in [0.25, 0.3) is 0 Å². The van der Waals surface area contributed by atoms with Crippen molar-refractivity contribution in [1.82, 2.24) is 15.1 Å². The number of carbonyl (C=O) groups is 1. The molecule has 1 aromatic heterocycles. The predicted octanol–water partition coefficient (Wildman–Crippen LogP) is 2.75. The van der Waals surface area contributed by atoms with Gasteiger partial charge < -0.3 is 19.9 Å². The van der Waals surface area contributed by atoms with Crippen LogP contribution in [0.2, 0.25) is 0 Å². The van der Waals surface area contributed by atoms with Crippen molar-refractivity contribution in [2.45, 2.75) is 39.0 Å². The van der Waals surface area contributed by atoms with Crippen LogP contribution >= 0.6 is 35.3 Å². The van der Waals surface area contributed by atoms with E-state index in [-0.39, 0.29) is 36.1 Å². The number of hydrogen-bond acceptors (Lipinski definition) is 6. The highest BCUT2D eigenvalue weighted by molar-refractivity contribution is 14.0. The number of piperazine rings is 1. The molecule has 1 N–H and O–H groups in total. The first kappa shape index (κ1) is 19.3. The highest BCUT2D eigenvalue weighted by Crippen LogP contribution is 2.19. The molecule has 0 aliphatic carbocycles. The van der Waals surface area contributed by atoms with Crippen molar-refractivity contribution in [3.8, 4) is 0 Å². The highest BCUT2D eigenvalue weighted by Gasteiger charge is 2.36. The van der Waals surface area contributed by atoms with E-state index >= 15 is 0 Å². The van der Waals surface area contributed by atoms with E-state index < -0.39 is 5.60 Å². The van der Waals surface area contributed by atoms with Crippen LogP contribution in [-0.2, 0) is 11.3 Å². The average molecular weight is 464 g/mol. The summed E-state index contributed by atoms with van der Waals surface area (Å²) in [6.07, 6.45) is -0.225. The molecule has 1 atom stereocenters. The molecule has 1 saturated heterocycles. The van der Waals surface area contributed by atoms with E-state index in [2.05, 4.69) is 32.7 Å². The molecule has 1 amide bonds. The van der Waals surface area contributed by atoms with E-state index in [1.54, 1.807) is 16.2 Å². The first-order chi connectivity index (χ1) is 10.9. The molecule has 1 unspecified atom stereocenters. The fourth-order valence-corrected chi connectivity index (χ4v) is 3.45. The molecule has 0 spiro atoms. The van der Waals surface area contributed by atoms with E-state index in [1.807, 2.05) is 20.8 Å². The second kappa shape index (κ2) is 7.90. The topological polar surface area (TPSA) is 57.2 Å². The molecule has 3 heterocycles. The molecule has 0 radical (unpaired) electrons. The standard InChI is InChI=1S/C16H24N4O2S.HI/c1-16(2,3)22-15(21)19-6-7-20-12(11-19)9-17-14(20)18-10-13-5-4-8-23-13;/h4-5,8,12H,6-7,9-11H2,1-3H3,(H,17,18);1H. The molecule has 1 fully saturated rings. The molecule has 3 rings (SSSR count). The smallest absolute Gasteiger partial charge is 0.410 e. The van der Waals surface area contributed by atoms with Gasteiger partial charge in [-0.05, 0) is 32.2 Å². The quantitative estimate of drug-likeness (QED) is 0.685. The van der Waals surface area contributed by atoms with Gasteiger partial charge in [0, 0.05) is 24.5 Å². The summed E-state index contributed by atoms with van der Waals surface area (Å²) in [5.41, 5.74) is -0.451. The van der Waals surface area contributed by atoms with Crippen molar-refractivity contribution >= 4 is 47.4 Å². The Morgan fingerprint density at radius 2 is 2.25 bits per heavy atom. The Morgan fingerprint density at radius 1 is 1.46 bits per heavy atom. The van der Waals surface area contributed by atoms with Crippen molar-refractivity contribution in [1.29, 1.82) is 0 Å². The molecular formula is C16H25IN4O2S. The first-order valence-corrected chi connectivity index (χ1v) is 8.85. The molecule has 6 nitrogen and oxygen atoms in total. The minimum Gasteiger partial charge on any atom is -0.444 e. The third kappa shape index (κ3) is 4.75. The second-order valence-electron chi connectivity index (χ2n) is 6.87. The van der Waals surface area contributed by atoms with Crippen LogP contribution in [0.1, 0.15) is 25.6 Å². The number of thiophene rings is 1. The van der Waals surface area contributed by atoms with Gasteiger partial charge in [0.2, 0.25) is 0 Å².